The molecule has 0 saturated heterocycles. The van der Waals surface area contributed by atoms with Crippen molar-refractivity contribution >= 4 is 27.7 Å². The van der Waals surface area contributed by atoms with Crippen LogP contribution < -0.4 is 9.47 Å². The molecule has 0 radical (unpaired) electrons. The molecule has 42 heavy (non-hydrogen) atoms. The van der Waals surface area contributed by atoms with Crippen LogP contribution in [0.2, 0.25) is 0 Å². The Morgan fingerprint density at radius 3 is 2.40 bits per heavy atom. The number of rotatable bonds is 13. The molecule has 0 unspecified atom stereocenters. The number of nitrogens with one attached hydrogen (secondary N) is 2. The van der Waals surface area contributed by atoms with E-state index in [4.69, 9.17) is 14.5 Å². The second-order valence-corrected chi connectivity index (χ2v) is 11.5. The highest BCUT2D eigenvalue weighted by Gasteiger charge is 2.17. The number of ether oxygens (including phenoxy) is 2. The van der Waals surface area contributed by atoms with Gasteiger partial charge in [0.15, 0.2) is 5.78 Å². The summed E-state index contributed by atoms with van der Waals surface area (Å²) in [6, 6.07) is 18.2. The normalized spacial score (nSPS) is 11.7. The summed E-state index contributed by atoms with van der Waals surface area (Å²) in [6.07, 6.45) is 2.34. The van der Waals surface area contributed by atoms with Crippen LogP contribution in [0.25, 0.3) is 44.6 Å². The summed E-state index contributed by atoms with van der Waals surface area (Å²) >= 11 is 0. The molecule has 2 N–H and O–H groups in total. The first-order valence-corrected chi connectivity index (χ1v) is 14.5. The molecule has 0 aliphatic carbocycles. The quantitative estimate of drug-likeness (QED) is 0.124. The Kier molecular flexibility index (Phi) is 8.94. The summed E-state index contributed by atoms with van der Waals surface area (Å²) in [7, 11) is 9.86. The van der Waals surface area contributed by atoms with Gasteiger partial charge in [0, 0.05) is 46.8 Å². The maximum absolute atomic E-state index is 12.7. The van der Waals surface area contributed by atoms with Crippen LogP contribution in [-0.2, 0) is 0 Å². The number of hydrogen-bond acceptors (Lipinski definition) is 6. The number of carbonyl (C=O) groups excluding carboxylic acids is 1. The van der Waals surface area contributed by atoms with Gasteiger partial charge in [0.05, 0.1) is 30.3 Å². The molecule has 2 heterocycles. The molecule has 8 heteroatoms. The molecule has 0 aliphatic rings. The molecule has 5 rings (SSSR count). The molecule has 220 valence electrons. The Balaban J connectivity index is 1.38. The molecule has 0 fully saturated rings. The Morgan fingerprint density at radius 2 is 1.64 bits per heavy atom. The third-order valence-corrected chi connectivity index (χ3v) is 7.52. The molecule has 5 aromatic rings. The monoisotopic (exact) mass is 567 g/mol. The van der Waals surface area contributed by atoms with Crippen molar-refractivity contribution in [2.24, 2.45) is 0 Å². The average Bonchev–Trinajstić information content (AvgIpc) is 3.58. The van der Waals surface area contributed by atoms with Crippen LogP contribution in [0, 0.1) is 6.92 Å². The van der Waals surface area contributed by atoms with Crippen molar-refractivity contribution in [2.75, 3.05) is 55.0 Å². The van der Waals surface area contributed by atoms with E-state index in [-0.39, 0.29) is 5.78 Å². The molecule has 8 nitrogen and oxygen atoms in total. The predicted octanol–water partition coefficient (Wildman–Crippen LogP) is 6.55. The molecule has 0 bridgehead atoms. The van der Waals surface area contributed by atoms with Crippen molar-refractivity contribution in [3.05, 3.63) is 65.7 Å². The van der Waals surface area contributed by atoms with Crippen LogP contribution in [0.1, 0.15) is 35.2 Å². The lowest BCUT2D eigenvalue weighted by molar-refractivity contribution is 0.0977. The fraction of sp³-hybridized carbons (Fsp3) is 0.353. The van der Waals surface area contributed by atoms with Crippen molar-refractivity contribution in [1.82, 2.24) is 24.8 Å². The van der Waals surface area contributed by atoms with Crippen molar-refractivity contribution in [3.8, 4) is 34.1 Å². The van der Waals surface area contributed by atoms with Crippen LogP contribution in [0.3, 0.4) is 0 Å². The summed E-state index contributed by atoms with van der Waals surface area (Å²) in [4.78, 5) is 28.8. The summed E-state index contributed by atoms with van der Waals surface area (Å²) in [5.41, 5.74) is 7.42. The number of methoxy groups -OCH3 is 1. The predicted molar refractivity (Wildman–Crippen MR) is 171 cm³/mol. The third kappa shape index (κ3) is 6.66. The zero-order valence-corrected chi connectivity index (χ0v) is 25.5. The topological polar surface area (TPSA) is 86.5 Å². The van der Waals surface area contributed by atoms with Gasteiger partial charge in [0.1, 0.15) is 17.3 Å². The Labute approximate surface area is 247 Å². The van der Waals surface area contributed by atoms with E-state index in [9.17, 15) is 4.79 Å². The summed E-state index contributed by atoms with van der Waals surface area (Å²) < 4.78 is 11.8. The first kappa shape index (κ1) is 29.4. The smallest absolute Gasteiger partial charge is 0.163 e. The van der Waals surface area contributed by atoms with E-state index in [1.165, 1.54) is 0 Å². The molecule has 2 aromatic heterocycles. The SMILES string of the molecule is COc1cc(-c2cc3ccc(OCCCN(C)C)cc3[nH]2)c(C)cc1-c1nc2ccc(C(=O)CCCN(C)C)cc2[nH]1. The number of ketones is 1. The molecule has 0 spiro atoms. The van der Waals surface area contributed by atoms with Gasteiger partial charge in [-0.25, -0.2) is 4.98 Å². The highest BCUT2D eigenvalue weighted by atomic mass is 16.5. The van der Waals surface area contributed by atoms with Crippen molar-refractivity contribution in [2.45, 2.75) is 26.2 Å². The van der Waals surface area contributed by atoms with Gasteiger partial charge in [-0.15, -0.1) is 0 Å². The number of aryl methyl sites for hydroxylation is 1. The number of H-pyrrole nitrogens is 2. The van der Waals surface area contributed by atoms with Crippen molar-refractivity contribution in [3.63, 3.8) is 0 Å². The first-order chi connectivity index (χ1) is 20.2. The van der Waals surface area contributed by atoms with Crippen LogP contribution in [0.4, 0.5) is 0 Å². The van der Waals surface area contributed by atoms with Gasteiger partial charge in [-0.1, -0.05) is 0 Å². The molecule has 0 atom stereocenters. The standard InChI is InChI=1S/C34H41N5O3/c1-22-17-27(34-36-28-13-11-24(19-31(28)37-34)32(40)9-7-14-38(2)3)33(41-6)21-26(22)30-18-23-10-12-25(20-29(23)35-30)42-16-8-15-39(4)5/h10-13,17-21,35H,7-9,14-16H2,1-6H3,(H,36,37). The minimum absolute atomic E-state index is 0.147. The molecule has 3 aromatic carbocycles. The lowest BCUT2D eigenvalue weighted by Crippen LogP contribution is -2.15. The minimum Gasteiger partial charge on any atom is -0.496 e. The van der Waals surface area contributed by atoms with E-state index in [1.807, 2.05) is 38.4 Å². The number of benzene rings is 3. The molecule has 0 aliphatic heterocycles. The van der Waals surface area contributed by atoms with Crippen molar-refractivity contribution in [1.29, 1.82) is 0 Å². The van der Waals surface area contributed by atoms with E-state index in [0.29, 0.717) is 24.4 Å². The fourth-order valence-corrected chi connectivity index (χ4v) is 5.25. The largest absolute Gasteiger partial charge is 0.496 e. The summed E-state index contributed by atoms with van der Waals surface area (Å²) in [5.74, 6) is 2.44. The van der Waals surface area contributed by atoms with Crippen LogP contribution >= 0.6 is 0 Å². The third-order valence-electron chi connectivity index (χ3n) is 7.52. The van der Waals surface area contributed by atoms with Crippen LogP contribution in [-0.4, -0.2) is 85.5 Å². The van der Waals surface area contributed by atoms with E-state index >= 15 is 0 Å². The number of imidazole rings is 1. The number of Topliss-reactive ketones (excluding diaryl/α,β-unsaturated/α-hetero) is 1. The molecule has 0 saturated carbocycles. The molecule has 0 amide bonds. The number of aromatic amines is 2. The Bertz CT molecular complexity index is 1700. The van der Waals surface area contributed by atoms with Gasteiger partial charge in [-0.05, 0) is 109 Å². The first-order valence-electron chi connectivity index (χ1n) is 14.5. The lowest BCUT2D eigenvalue weighted by Gasteiger charge is -2.12. The Morgan fingerprint density at radius 1 is 0.857 bits per heavy atom. The van der Waals surface area contributed by atoms with Crippen LogP contribution in [0.15, 0.2) is 54.6 Å². The van der Waals surface area contributed by atoms with Crippen molar-refractivity contribution < 1.29 is 14.3 Å². The second-order valence-electron chi connectivity index (χ2n) is 11.5. The number of fused-ring (bicyclic) bond motifs is 2. The number of hydrogen-bond donors (Lipinski definition) is 2. The maximum atomic E-state index is 12.7. The lowest BCUT2D eigenvalue weighted by atomic mass is 10.0. The maximum Gasteiger partial charge on any atom is 0.163 e. The zero-order valence-electron chi connectivity index (χ0n) is 25.5. The summed E-state index contributed by atoms with van der Waals surface area (Å²) in [5, 5.41) is 1.12. The highest BCUT2D eigenvalue weighted by Crippen LogP contribution is 2.37. The van der Waals surface area contributed by atoms with E-state index < -0.39 is 0 Å². The van der Waals surface area contributed by atoms with Gasteiger partial charge >= 0.3 is 0 Å². The van der Waals surface area contributed by atoms with Gasteiger partial charge in [-0.3, -0.25) is 4.79 Å². The summed E-state index contributed by atoms with van der Waals surface area (Å²) in [6.45, 7) is 4.67. The highest BCUT2D eigenvalue weighted by molar-refractivity contribution is 5.99. The second kappa shape index (κ2) is 12.8. The number of nitrogens with zero attached hydrogens (tertiary/aromatic N) is 3. The van der Waals surface area contributed by atoms with Gasteiger partial charge < -0.3 is 29.2 Å². The number of carbonyl (C=O) groups is 1. The van der Waals surface area contributed by atoms with E-state index in [0.717, 1.165) is 81.8 Å². The van der Waals surface area contributed by atoms with E-state index in [1.54, 1.807) is 7.11 Å². The average molecular weight is 568 g/mol. The molecular formula is C34H41N5O3. The minimum atomic E-state index is 0.147. The Hall–Kier alpha value is -4.14. The van der Waals surface area contributed by atoms with Gasteiger partial charge in [0.25, 0.3) is 0 Å². The number of aromatic nitrogens is 3. The van der Waals surface area contributed by atoms with Gasteiger partial charge in [0.2, 0.25) is 0 Å². The zero-order chi connectivity index (χ0) is 29.8. The van der Waals surface area contributed by atoms with Crippen LogP contribution in [0.5, 0.6) is 11.5 Å². The molecular weight excluding hydrogens is 526 g/mol. The fourth-order valence-electron chi connectivity index (χ4n) is 5.25. The van der Waals surface area contributed by atoms with Gasteiger partial charge in [-0.2, -0.15) is 0 Å². The van der Waals surface area contributed by atoms with E-state index in [2.05, 4.69) is 71.1 Å².